The highest BCUT2D eigenvalue weighted by atomic mass is 79.9. The van der Waals surface area contributed by atoms with Gasteiger partial charge in [-0.15, -0.1) is 14.4 Å². The van der Waals surface area contributed by atoms with Crippen molar-refractivity contribution in [3.63, 3.8) is 0 Å². The average molecular weight is 1470 g/mol. The molecule has 10 N–H and O–H groups in total. The molecule has 0 unspecified atom stereocenters. The van der Waals surface area contributed by atoms with Crippen LogP contribution in [0, 0.1) is 46.5 Å². The molecule has 0 saturated heterocycles. The van der Waals surface area contributed by atoms with Crippen molar-refractivity contribution in [3.05, 3.63) is 211 Å². The second-order valence-corrected chi connectivity index (χ2v) is 23.2. The van der Waals surface area contributed by atoms with E-state index in [4.69, 9.17) is 79.4 Å². The molecule has 0 fully saturated rings. The molecular weight excluding hydrogens is 1440 g/mol. The maximum Gasteiger partial charge on any atom is 0.354 e. The summed E-state index contributed by atoms with van der Waals surface area (Å²) in [6.45, 7) is 0.639. The van der Waals surface area contributed by atoms with E-state index in [-0.39, 0.29) is 64.4 Å². The van der Waals surface area contributed by atoms with E-state index in [2.05, 4.69) is 61.5 Å². The fourth-order valence-corrected chi connectivity index (χ4v) is 9.89. The average Bonchev–Trinajstić information content (AvgIpc) is 1.35. The van der Waals surface area contributed by atoms with E-state index in [1.165, 1.54) is 61.6 Å². The summed E-state index contributed by atoms with van der Waals surface area (Å²) < 4.78 is 153. The van der Waals surface area contributed by atoms with Crippen LogP contribution in [0.5, 0.6) is 11.5 Å². The van der Waals surface area contributed by atoms with Crippen molar-refractivity contribution in [1.82, 2.24) is 50.0 Å². The molecule has 0 saturated carbocycles. The normalized spacial score (nSPS) is 11.1. The van der Waals surface area contributed by atoms with E-state index in [0.717, 1.165) is 56.9 Å². The number of rotatable bonds is 8. The molecule has 478 valence electrons. The monoisotopic (exact) mass is 1470 g/mol. The molecule has 91 heavy (non-hydrogen) atoms. The zero-order valence-electron chi connectivity index (χ0n) is 44.7. The number of anilines is 4. The number of benzene rings is 6. The number of aliphatic imine (C=N–C) groups is 2. The number of pyridine rings is 1. The van der Waals surface area contributed by atoms with Crippen LogP contribution in [-0.4, -0.2) is 107 Å². The van der Waals surface area contributed by atoms with Gasteiger partial charge in [-0.3, -0.25) is 14.7 Å². The number of aromatic nitrogens is 10. The first-order valence-electron chi connectivity index (χ1n) is 23.7. The molecule has 1 aliphatic heterocycles. The van der Waals surface area contributed by atoms with Gasteiger partial charge in [-0.05, 0) is 76.6 Å². The summed E-state index contributed by atoms with van der Waals surface area (Å²) in [7, 11) is -3.51. The van der Waals surface area contributed by atoms with Crippen LogP contribution in [0.3, 0.4) is 0 Å². The number of aromatic carboxylic acids is 1. The van der Waals surface area contributed by atoms with Crippen molar-refractivity contribution in [3.8, 4) is 28.6 Å². The van der Waals surface area contributed by atoms with Crippen LogP contribution in [-0.2, 0) is 19.1 Å². The van der Waals surface area contributed by atoms with Crippen LogP contribution >= 0.6 is 73.0 Å². The first-order chi connectivity index (χ1) is 42.8. The smallest absolute Gasteiger partial charge is 0.354 e. The van der Waals surface area contributed by atoms with Crippen molar-refractivity contribution < 1.29 is 72.1 Å². The highest BCUT2D eigenvalue weighted by Crippen LogP contribution is 2.37. The summed E-state index contributed by atoms with van der Waals surface area (Å²) in [6.07, 6.45) is 12.9. The molecular formula is C51H36BrCl5F8N16O8S2. The number of hydrogen-bond donors (Lipinski definition) is 7. The minimum atomic E-state index is -4.49. The Kier molecular flexibility index (Phi) is 26.3. The number of phenolic OH excluding ortho intramolecular Hbond substituents is 2. The Bertz CT molecular complexity index is 4330. The number of nitrogens with one attached hydrogen (secondary N) is 1. The van der Waals surface area contributed by atoms with Crippen LogP contribution in [0.4, 0.5) is 57.9 Å². The van der Waals surface area contributed by atoms with Gasteiger partial charge in [0.05, 0.1) is 74.4 Å². The molecule has 6 aromatic carbocycles. The zero-order chi connectivity index (χ0) is 67.5. The Labute approximate surface area is 540 Å². The number of nitrogens with zero attached hydrogens (tertiary/aromatic N) is 12. The van der Waals surface area contributed by atoms with Crippen LogP contribution in [0.15, 0.2) is 159 Å². The molecule has 11 rings (SSSR count). The van der Waals surface area contributed by atoms with Crippen molar-refractivity contribution in [2.45, 2.75) is 9.79 Å². The van der Waals surface area contributed by atoms with E-state index >= 15 is 0 Å². The highest BCUT2D eigenvalue weighted by Gasteiger charge is 2.25. The number of carboxylic acid groups (broad SMARTS) is 1. The SMILES string of the molecule is C1=NCN=C1.Nc1cc(-n2nccn2)c(F)cc1F.Nc1cc(-n2nccn2)c(F)cc1F.Nc1cc(Br)c(F)cc1F.O=C(O)c1ccccn1.O=S(=O)(Cl)c1cc(Cl)cc(Cl)c1O.O=S(=O)(Nc1cc(-n2nccn2)c(F)cc1F)c1cc(Cl)cc(Cl)c1O. The molecule has 24 nitrogen and oxygen atoms in total. The Morgan fingerprint density at radius 2 is 0.901 bits per heavy atom. The number of phenols is 2. The second-order valence-electron chi connectivity index (χ2n) is 16.5. The lowest BCUT2D eigenvalue weighted by molar-refractivity contribution is 0.0690. The fraction of sp³-hybridized carbons (Fsp3) is 0.0196. The van der Waals surface area contributed by atoms with Crippen molar-refractivity contribution in [2.24, 2.45) is 9.98 Å². The molecule has 0 atom stereocenters. The van der Waals surface area contributed by atoms with Crippen LogP contribution < -0.4 is 21.9 Å². The number of sulfonamides is 1. The zero-order valence-corrected chi connectivity index (χ0v) is 51.7. The van der Waals surface area contributed by atoms with Crippen molar-refractivity contribution >= 4 is 133 Å². The largest absolute Gasteiger partial charge is 0.505 e. The summed E-state index contributed by atoms with van der Waals surface area (Å²) in [4.78, 5) is 22.9. The van der Waals surface area contributed by atoms with Gasteiger partial charge in [0.2, 0.25) is 0 Å². The van der Waals surface area contributed by atoms with E-state index in [1.54, 1.807) is 24.6 Å². The molecule has 1 aliphatic rings. The lowest BCUT2D eigenvalue weighted by atomic mass is 10.2. The van der Waals surface area contributed by atoms with Gasteiger partial charge >= 0.3 is 5.97 Å². The third-order valence-corrected chi connectivity index (χ3v) is 14.6. The number of nitrogens with two attached hydrogens (primary N) is 3. The van der Waals surface area contributed by atoms with Crippen LogP contribution in [0.1, 0.15) is 10.5 Å². The Morgan fingerprint density at radius 3 is 1.26 bits per heavy atom. The minimum Gasteiger partial charge on any atom is -0.505 e. The van der Waals surface area contributed by atoms with Gasteiger partial charge in [0, 0.05) is 63.6 Å². The molecule has 0 spiro atoms. The van der Waals surface area contributed by atoms with Gasteiger partial charge in [-0.2, -0.15) is 30.6 Å². The fourth-order valence-electron chi connectivity index (χ4n) is 6.14. The predicted molar refractivity (Wildman–Crippen MR) is 324 cm³/mol. The Balaban J connectivity index is 0.000000202. The number of nitrogen functional groups attached to an aromatic ring is 3. The van der Waals surface area contributed by atoms with Crippen LogP contribution in [0.25, 0.3) is 17.1 Å². The molecule has 10 aromatic rings. The maximum absolute atomic E-state index is 14.0. The summed E-state index contributed by atoms with van der Waals surface area (Å²) in [5.74, 6) is -9.02. The lowest BCUT2D eigenvalue weighted by Gasteiger charge is -2.13. The van der Waals surface area contributed by atoms with Crippen molar-refractivity contribution in [2.75, 3.05) is 28.6 Å². The van der Waals surface area contributed by atoms with Gasteiger partial charge in [-0.25, -0.2) is 61.7 Å². The van der Waals surface area contributed by atoms with E-state index in [9.17, 15) is 67.0 Å². The maximum atomic E-state index is 14.0. The van der Waals surface area contributed by atoms with Gasteiger partial charge in [0.1, 0.15) is 68.3 Å². The molecule has 0 radical (unpaired) electrons. The van der Waals surface area contributed by atoms with E-state index in [1.807, 2.05) is 4.72 Å². The number of carboxylic acids is 1. The number of hydrogen-bond acceptors (Lipinski definition) is 19. The Morgan fingerprint density at radius 1 is 0.516 bits per heavy atom. The first-order valence-corrected chi connectivity index (χ1v) is 29.8. The van der Waals surface area contributed by atoms with Gasteiger partial charge in [-0.1, -0.05) is 52.5 Å². The summed E-state index contributed by atoms with van der Waals surface area (Å²) in [5.41, 5.74) is 14.6. The first kappa shape index (κ1) is 72.5. The lowest BCUT2D eigenvalue weighted by Crippen LogP contribution is -2.15. The predicted octanol–water partition coefficient (Wildman–Crippen LogP) is 11.4. The van der Waals surface area contributed by atoms with Gasteiger partial charge < -0.3 is 32.5 Å². The topological polar surface area (TPSA) is 366 Å². The third kappa shape index (κ3) is 21.2. The van der Waals surface area contributed by atoms with Crippen molar-refractivity contribution in [1.29, 1.82) is 0 Å². The highest BCUT2D eigenvalue weighted by molar-refractivity contribution is 9.10. The molecule has 0 bridgehead atoms. The molecule has 0 aliphatic carbocycles. The second kappa shape index (κ2) is 33.0. The number of carbonyl (C=O) groups is 1. The molecule has 40 heteroatoms. The molecule has 0 amide bonds. The molecule has 4 aromatic heterocycles. The van der Waals surface area contributed by atoms with Gasteiger partial charge in [0.25, 0.3) is 19.1 Å². The standard InChI is InChI=1S/C14H8Cl2F2N4O3S.2C8H6F2N4.C6H4BrF2N.C6H3Cl3O3S.C6H5NO2.C3H4N2/c15-7-3-8(16)14(23)13(4-7)26(24,25)21-11-6-12(10(18)5-9(11)17)22-19-1-2-20-22;2*9-5-3-6(10)8(4-7(5)11)14-12-1-2-13-14;7-3-1-6(10)5(9)2-4(3)8;7-3-1-4(8)6(10)5(2-3)13(9,11)12;8-6(9)5-3-1-2-4-7-5;1-2-5-3-4-1/h1-6,21,23H;2*1-4H,11H2;1-2H,10H2;1-2,10H;1-4H,(H,8,9);1-2H,3H2. The summed E-state index contributed by atoms with van der Waals surface area (Å²) >= 11 is 25.3. The molecule has 5 heterocycles. The third-order valence-electron chi connectivity index (χ3n) is 10.2. The summed E-state index contributed by atoms with van der Waals surface area (Å²) in [5, 5.41) is 49.2. The van der Waals surface area contributed by atoms with E-state index < -0.39 is 98.6 Å². The Hall–Kier alpha value is -9.23. The van der Waals surface area contributed by atoms with E-state index in [0.29, 0.717) is 24.9 Å². The number of aromatic hydroxyl groups is 2. The number of halogens is 14. The van der Waals surface area contributed by atoms with Crippen LogP contribution in [0.2, 0.25) is 20.1 Å². The summed E-state index contributed by atoms with van der Waals surface area (Å²) in [6, 6.07) is 16.0. The van der Waals surface area contributed by atoms with Gasteiger partial charge in [0.15, 0.2) is 29.0 Å². The minimum absolute atomic E-state index is 0.0221. The quantitative estimate of drug-likeness (QED) is 0.0321.